The van der Waals surface area contributed by atoms with E-state index in [1.807, 2.05) is 4.90 Å². The van der Waals surface area contributed by atoms with Gasteiger partial charge in [-0.15, -0.1) is 16.7 Å². The van der Waals surface area contributed by atoms with Crippen LogP contribution in [0.25, 0.3) is 0 Å². The zero-order chi connectivity index (χ0) is 12.1. The number of aliphatic hydroxyl groups excluding tert-OH is 1. The van der Waals surface area contributed by atoms with Gasteiger partial charge in [-0.3, -0.25) is 0 Å². The summed E-state index contributed by atoms with van der Waals surface area (Å²) in [6.07, 6.45) is 5.99. The van der Waals surface area contributed by atoms with Gasteiger partial charge in [0.05, 0.1) is 6.61 Å². The lowest BCUT2D eigenvalue weighted by atomic mass is 9.94. The third-order valence-corrected chi connectivity index (χ3v) is 3.40. The number of halogens is 1. The third-order valence-electron chi connectivity index (χ3n) is 3.17. The van der Waals surface area contributed by atoms with Gasteiger partial charge < -0.3 is 14.4 Å². The molecule has 1 aliphatic rings. The highest BCUT2D eigenvalue weighted by molar-refractivity contribution is 6.16. The molecule has 1 N–H and O–H groups in total. The van der Waals surface area contributed by atoms with Crippen molar-refractivity contribution < 1.29 is 9.52 Å². The zero-order valence-corrected chi connectivity index (χ0v) is 10.6. The van der Waals surface area contributed by atoms with Gasteiger partial charge in [-0.25, -0.2) is 0 Å². The molecule has 1 aliphatic carbocycles. The van der Waals surface area contributed by atoms with Gasteiger partial charge in [0.1, 0.15) is 5.88 Å². The standard InChI is InChI=1S/C11H18ClN3O2/c12-8-10-13-14-11(17-10)15(6-7-16)9-4-2-1-3-5-9/h9,16H,1-8H2. The van der Waals surface area contributed by atoms with E-state index in [1.54, 1.807) is 0 Å². The summed E-state index contributed by atoms with van der Waals surface area (Å²) < 4.78 is 5.46. The number of anilines is 1. The highest BCUT2D eigenvalue weighted by atomic mass is 35.5. The Labute approximate surface area is 106 Å². The molecule has 0 spiro atoms. The van der Waals surface area contributed by atoms with Crippen LogP contribution >= 0.6 is 11.6 Å². The van der Waals surface area contributed by atoms with Gasteiger partial charge in [-0.2, -0.15) is 0 Å². The Hall–Kier alpha value is -0.810. The zero-order valence-electron chi connectivity index (χ0n) is 9.81. The number of hydrogen-bond acceptors (Lipinski definition) is 5. The minimum absolute atomic E-state index is 0.0923. The Kier molecular flexibility index (Phi) is 4.62. The van der Waals surface area contributed by atoms with Crippen LogP contribution in [-0.4, -0.2) is 34.5 Å². The molecule has 96 valence electrons. The quantitative estimate of drug-likeness (QED) is 0.819. The molecule has 1 aromatic heterocycles. The number of nitrogens with zero attached hydrogens (tertiary/aromatic N) is 3. The molecule has 6 heteroatoms. The number of aromatic nitrogens is 2. The van der Waals surface area contributed by atoms with Crippen molar-refractivity contribution in [1.29, 1.82) is 0 Å². The first-order chi connectivity index (χ1) is 8.35. The number of alkyl halides is 1. The molecule has 0 unspecified atom stereocenters. The highest BCUT2D eigenvalue weighted by Gasteiger charge is 2.24. The molecule has 0 radical (unpaired) electrons. The summed E-state index contributed by atoms with van der Waals surface area (Å²) in [6.45, 7) is 0.629. The van der Waals surface area contributed by atoms with Crippen LogP contribution in [0.15, 0.2) is 4.42 Å². The average Bonchev–Trinajstić information content (AvgIpc) is 2.85. The van der Waals surface area contributed by atoms with Crippen molar-refractivity contribution in [3.8, 4) is 0 Å². The van der Waals surface area contributed by atoms with Gasteiger partial charge >= 0.3 is 6.01 Å². The SMILES string of the molecule is OCCN(c1nnc(CCl)o1)C1CCCCC1. The Bertz CT molecular complexity index is 339. The first kappa shape index (κ1) is 12.6. The van der Waals surface area contributed by atoms with Gasteiger partial charge in [0, 0.05) is 12.6 Å². The summed E-state index contributed by atoms with van der Waals surface area (Å²) in [5, 5.41) is 17.0. The van der Waals surface area contributed by atoms with Crippen molar-refractivity contribution in [2.75, 3.05) is 18.1 Å². The van der Waals surface area contributed by atoms with Crippen molar-refractivity contribution in [3.05, 3.63) is 5.89 Å². The summed E-state index contributed by atoms with van der Waals surface area (Å²) in [6, 6.07) is 0.890. The number of rotatable bonds is 5. The maximum Gasteiger partial charge on any atom is 0.318 e. The molecule has 0 aromatic carbocycles. The van der Waals surface area contributed by atoms with E-state index in [2.05, 4.69) is 10.2 Å². The van der Waals surface area contributed by atoms with E-state index in [9.17, 15) is 0 Å². The van der Waals surface area contributed by atoms with Crippen molar-refractivity contribution in [2.24, 2.45) is 0 Å². The highest BCUT2D eigenvalue weighted by Crippen LogP contribution is 2.26. The van der Waals surface area contributed by atoms with Crippen LogP contribution in [0, 0.1) is 0 Å². The minimum atomic E-state index is 0.0923. The van der Waals surface area contributed by atoms with Crippen LogP contribution < -0.4 is 4.90 Å². The summed E-state index contributed by atoms with van der Waals surface area (Å²) in [5.74, 6) is 0.658. The first-order valence-corrected chi connectivity index (χ1v) is 6.64. The Morgan fingerprint density at radius 3 is 2.65 bits per heavy atom. The van der Waals surface area contributed by atoms with Gasteiger partial charge in [-0.05, 0) is 12.8 Å². The molecule has 17 heavy (non-hydrogen) atoms. The lowest BCUT2D eigenvalue weighted by Gasteiger charge is -2.32. The normalized spacial score (nSPS) is 17.3. The van der Waals surface area contributed by atoms with Crippen LogP contribution in [0.3, 0.4) is 0 Å². The van der Waals surface area contributed by atoms with Gasteiger partial charge in [0.25, 0.3) is 0 Å². The van der Waals surface area contributed by atoms with E-state index in [4.69, 9.17) is 21.1 Å². The Morgan fingerprint density at radius 2 is 2.06 bits per heavy atom. The summed E-state index contributed by atoms with van der Waals surface area (Å²) in [4.78, 5) is 2.02. The van der Waals surface area contributed by atoms with Crippen molar-refractivity contribution in [3.63, 3.8) is 0 Å². The number of hydrogen-bond donors (Lipinski definition) is 1. The summed E-state index contributed by atoms with van der Waals surface area (Å²) in [5.41, 5.74) is 0. The molecule has 0 amide bonds. The average molecular weight is 260 g/mol. The van der Waals surface area contributed by atoms with Crippen LogP contribution in [0.2, 0.25) is 0 Å². The molecule has 1 heterocycles. The molecular weight excluding hydrogens is 242 g/mol. The Balaban J connectivity index is 2.09. The van der Waals surface area contributed by atoms with E-state index >= 15 is 0 Å². The molecule has 1 aromatic rings. The van der Waals surface area contributed by atoms with Crippen LogP contribution in [0.4, 0.5) is 6.01 Å². The lowest BCUT2D eigenvalue weighted by molar-refractivity contribution is 0.283. The second-order valence-corrected chi connectivity index (χ2v) is 4.59. The van der Waals surface area contributed by atoms with Gasteiger partial charge in [0.2, 0.25) is 5.89 Å². The van der Waals surface area contributed by atoms with Crippen molar-refractivity contribution in [2.45, 2.75) is 44.0 Å². The maximum atomic E-state index is 9.14. The van der Waals surface area contributed by atoms with Crippen molar-refractivity contribution in [1.82, 2.24) is 10.2 Å². The summed E-state index contributed by atoms with van der Waals surface area (Å²) >= 11 is 5.64. The lowest BCUT2D eigenvalue weighted by Crippen LogP contribution is -2.39. The fraction of sp³-hybridized carbons (Fsp3) is 0.818. The molecule has 0 aliphatic heterocycles. The van der Waals surface area contributed by atoms with Gasteiger partial charge in [0.15, 0.2) is 0 Å². The smallest absolute Gasteiger partial charge is 0.318 e. The fourth-order valence-corrected chi connectivity index (χ4v) is 2.46. The molecule has 0 bridgehead atoms. The molecule has 0 saturated heterocycles. The van der Waals surface area contributed by atoms with Crippen LogP contribution in [-0.2, 0) is 5.88 Å². The largest absolute Gasteiger partial charge is 0.407 e. The van der Waals surface area contributed by atoms with E-state index in [0.717, 1.165) is 12.8 Å². The predicted octanol–water partition coefficient (Wildman–Crippen LogP) is 1.94. The second-order valence-electron chi connectivity index (χ2n) is 4.32. The second kappa shape index (κ2) is 6.21. The molecule has 0 atom stereocenters. The van der Waals surface area contributed by atoms with Crippen molar-refractivity contribution >= 4 is 17.6 Å². The van der Waals surface area contributed by atoms with Gasteiger partial charge in [-0.1, -0.05) is 24.4 Å². The summed E-state index contributed by atoms with van der Waals surface area (Å²) in [7, 11) is 0. The minimum Gasteiger partial charge on any atom is -0.407 e. The third kappa shape index (κ3) is 3.10. The van der Waals surface area contributed by atoms with E-state index in [0.29, 0.717) is 24.5 Å². The van der Waals surface area contributed by atoms with E-state index < -0.39 is 0 Å². The topological polar surface area (TPSA) is 62.4 Å². The molecular formula is C11H18ClN3O2. The van der Waals surface area contributed by atoms with E-state index in [1.165, 1.54) is 19.3 Å². The first-order valence-electron chi connectivity index (χ1n) is 6.11. The molecule has 1 saturated carbocycles. The molecule has 2 rings (SSSR count). The van der Waals surface area contributed by atoms with E-state index in [-0.39, 0.29) is 12.5 Å². The van der Waals surface area contributed by atoms with Crippen LogP contribution in [0.1, 0.15) is 38.0 Å². The fourth-order valence-electron chi connectivity index (χ4n) is 2.35. The maximum absolute atomic E-state index is 9.14. The monoisotopic (exact) mass is 259 g/mol. The van der Waals surface area contributed by atoms with Crippen LogP contribution in [0.5, 0.6) is 0 Å². The predicted molar refractivity (Wildman–Crippen MR) is 65.2 cm³/mol. The molecule has 1 fully saturated rings. The Morgan fingerprint density at radius 1 is 1.29 bits per heavy atom. The number of aliphatic hydroxyl groups is 1. The molecule has 5 nitrogen and oxygen atoms in total.